The van der Waals surface area contributed by atoms with Crippen molar-refractivity contribution < 1.29 is 17.9 Å². The van der Waals surface area contributed by atoms with E-state index in [0.717, 1.165) is 42.6 Å². The van der Waals surface area contributed by atoms with E-state index in [9.17, 15) is 13.2 Å². The number of nitrogens with one attached hydrogen (secondary N) is 1. The highest BCUT2D eigenvalue weighted by Gasteiger charge is 2.30. The minimum Gasteiger partial charge on any atom is -0.457 e. The minimum atomic E-state index is -4.34. The first-order chi connectivity index (χ1) is 16.5. The summed E-state index contributed by atoms with van der Waals surface area (Å²) in [5, 5.41) is 0. The van der Waals surface area contributed by atoms with E-state index in [2.05, 4.69) is 14.5 Å². The fourth-order valence-electron chi connectivity index (χ4n) is 4.72. The van der Waals surface area contributed by atoms with Gasteiger partial charge in [-0.15, -0.1) is 0 Å². The molecule has 34 heavy (non-hydrogen) atoms. The van der Waals surface area contributed by atoms with Crippen molar-refractivity contribution in [3.05, 3.63) is 54.1 Å². The van der Waals surface area contributed by atoms with Crippen LogP contribution in [0.25, 0.3) is 0 Å². The van der Waals surface area contributed by atoms with Crippen LogP contribution in [-0.2, 0) is 6.18 Å². The smallest absolute Gasteiger partial charge is 0.416 e. The van der Waals surface area contributed by atoms with Crippen molar-refractivity contribution in [3.63, 3.8) is 0 Å². The van der Waals surface area contributed by atoms with Crippen molar-refractivity contribution in [2.24, 2.45) is 0 Å². The average Bonchev–Trinajstić information content (AvgIpc) is 2.86. The van der Waals surface area contributed by atoms with Crippen LogP contribution in [0, 0.1) is 0 Å². The van der Waals surface area contributed by atoms with E-state index in [1.165, 1.54) is 70.4 Å². The molecule has 0 radical (unpaired) electrons. The Hall–Kier alpha value is -1.74. The zero-order chi connectivity index (χ0) is 23.8. The molecule has 0 aromatic heterocycles. The third-order valence-corrected chi connectivity index (χ3v) is 7.50. The molecule has 2 heterocycles. The summed E-state index contributed by atoms with van der Waals surface area (Å²) in [5.41, 5.74) is -0.681. The second-order valence-electron chi connectivity index (χ2n) is 9.11. The largest absolute Gasteiger partial charge is 0.457 e. The Morgan fingerprint density at radius 1 is 0.853 bits per heavy atom. The van der Waals surface area contributed by atoms with Gasteiger partial charge in [0.15, 0.2) is 0 Å². The molecule has 2 aromatic carbocycles. The molecule has 0 bridgehead atoms. The predicted octanol–water partition coefficient (Wildman–Crippen LogP) is 6.43. The highest BCUT2D eigenvalue weighted by Crippen LogP contribution is 2.31. The number of hydrogen-bond donors (Lipinski definition) is 1. The van der Waals surface area contributed by atoms with E-state index in [4.69, 9.17) is 4.74 Å². The molecular formula is C26H34F3N3OS. The molecule has 0 aliphatic carbocycles. The summed E-state index contributed by atoms with van der Waals surface area (Å²) in [5.74, 6) is 0.976. The van der Waals surface area contributed by atoms with Crippen LogP contribution in [0.4, 0.5) is 13.2 Å². The Morgan fingerprint density at radius 2 is 1.47 bits per heavy atom. The molecule has 2 aromatic rings. The SMILES string of the molecule is FC(F)(F)c1ccc(Oc2ccc(SNCCCN3CCC(N4CCCCC4)CC3)cc2)cc1. The maximum atomic E-state index is 12.7. The van der Waals surface area contributed by atoms with Crippen LogP contribution in [0.5, 0.6) is 11.5 Å². The monoisotopic (exact) mass is 493 g/mol. The highest BCUT2D eigenvalue weighted by atomic mass is 32.2. The molecule has 8 heteroatoms. The minimum absolute atomic E-state index is 0.381. The normalized spacial score (nSPS) is 18.8. The Balaban J connectivity index is 1.10. The Labute approximate surface area is 205 Å². The number of hydrogen-bond acceptors (Lipinski definition) is 5. The van der Waals surface area contributed by atoms with Gasteiger partial charge >= 0.3 is 6.18 Å². The molecule has 1 N–H and O–H groups in total. The van der Waals surface area contributed by atoms with Crippen molar-refractivity contribution in [3.8, 4) is 11.5 Å². The number of benzene rings is 2. The molecule has 4 nitrogen and oxygen atoms in total. The standard InChI is InChI=1S/C26H34F3N3OS/c27-26(28,29)21-5-7-23(8-6-21)33-24-9-11-25(12-10-24)34-30-15-4-16-31-19-13-22(14-20-31)32-17-2-1-3-18-32/h5-12,22,30H,1-4,13-20H2. The molecule has 2 saturated heterocycles. The summed E-state index contributed by atoms with van der Waals surface area (Å²) in [4.78, 5) is 6.39. The summed E-state index contributed by atoms with van der Waals surface area (Å²) in [6, 6.07) is 13.1. The molecule has 0 unspecified atom stereocenters. The summed E-state index contributed by atoms with van der Waals surface area (Å²) in [7, 11) is 0. The number of rotatable bonds is 9. The molecule has 4 rings (SSSR count). The van der Waals surface area contributed by atoms with Gasteiger partial charge in [-0.1, -0.05) is 6.42 Å². The van der Waals surface area contributed by atoms with Gasteiger partial charge in [0.05, 0.1) is 5.56 Å². The molecule has 0 saturated carbocycles. The van der Waals surface area contributed by atoms with Crippen molar-refractivity contribution in [1.29, 1.82) is 0 Å². The lowest BCUT2D eigenvalue weighted by Crippen LogP contribution is -2.46. The molecule has 0 amide bonds. The second kappa shape index (κ2) is 12.3. The van der Waals surface area contributed by atoms with E-state index in [-0.39, 0.29) is 0 Å². The zero-order valence-corrected chi connectivity index (χ0v) is 20.3. The molecule has 2 aliphatic heterocycles. The quantitative estimate of drug-likeness (QED) is 0.321. The topological polar surface area (TPSA) is 27.7 Å². The Kier molecular flexibility index (Phi) is 9.17. The van der Waals surface area contributed by atoms with Gasteiger partial charge in [0, 0.05) is 17.5 Å². The van der Waals surface area contributed by atoms with Crippen LogP contribution in [0.3, 0.4) is 0 Å². The highest BCUT2D eigenvalue weighted by molar-refractivity contribution is 7.97. The summed E-state index contributed by atoms with van der Waals surface area (Å²) < 4.78 is 47.1. The van der Waals surface area contributed by atoms with Gasteiger partial charge in [-0.3, -0.25) is 4.72 Å². The third kappa shape index (κ3) is 7.63. The molecule has 0 spiro atoms. The number of piperidine rings is 2. The van der Waals surface area contributed by atoms with Crippen LogP contribution in [0.1, 0.15) is 44.1 Å². The molecular weight excluding hydrogens is 459 g/mol. The maximum absolute atomic E-state index is 12.7. The van der Waals surface area contributed by atoms with Gasteiger partial charge < -0.3 is 14.5 Å². The number of alkyl halides is 3. The number of ether oxygens (including phenoxy) is 1. The number of likely N-dealkylation sites (tertiary alicyclic amines) is 2. The maximum Gasteiger partial charge on any atom is 0.416 e. The molecule has 2 fully saturated rings. The Bertz CT molecular complexity index is 862. The van der Waals surface area contributed by atoms with Gasteiger partial charge in [-0.25, -0.2) is 0 Å². The lowest BCUT2D eigenvalue weighted by molar-refractivity contribution is -0.137. The van der Waals surface area contributed by atoms with Gasteiger partial charge in [0.1, 0.15) is 11.5 Å². The lowest BCUT2D eigenvalue weighted by atomic mass is 10.00. The van der Waals surface area contributed by atoms with Gasteiger partial charge in [-0.2, -0.15) is 13.2 Å². The van der Waals surface area contributed by atoms with Crippen LogP contribution >= 0.6 is 11.9 Å². The summed E-state index contributed by atoms with van der Waals surface area (Å²) in [6.45, 7) is 7.12. The van der Waals surface area contributed by atoms with Crippen LogP contribution in [0.2, 0.25) is 0 Å². The van der Waals surface area contributed by atoms with Crippen molar-refractivity contribution in [1.82, 2.24) is 14.5 Å². The first kappa shape index (κ1) is 25.4. The van der Waals surface area contributed by atoms with E-state index in [1.54, 1.807) is 11.9 Å². The van der Waals surface area contributed by atoms with Crippen molar-refractivity contribution in [2.45, 2.75) is 55.6 Å². The lowest BCUT2D eigenvalue weighted by Gasteiger charge is -2.40. The molecule has 186 valence electrons. The van der Waals surface area contributed by atoms with Gasteiger partial charge in [0.25, 0.3) is 0 Å². The summed E-state index contributed by atoms with van der Waals surface area (Å²) in [6.07, 6.45) is 3.55. The molecule has 0 atom stereocenters. The summed E-state index contributed by atoms with van der Waals surface area (Å²) >= 11 is 1.59. The fourth-order valence-corrected chi connectivity index (χ4v) is 5.41. The van der Waals surface area contributed by atoms with Crippen molar-refractivity contribution in [2.75, 3.05) is 39.3 Å². The van der Waals surface area contributed by atoms with E-state index < -0.39 is 11.7 Å². The average molecular weight is 494 g/mol. The first-order valence-corrected chi connectivity index (χ1v) is 13.1. The van der Waals surface area contributed by atoms with E-state index >= 15 is 0 Å². The van der Waals surface area contributed by atoms with E-state index in [1.807, 2.05) is 24.3 Å². The zero-order valence-electron chi connectivity index (χ0n) is 19.5. The fraction of sp³-hybridized carbons (Fsp3) is 0.538. The predicted molar refractivity (Wildman–Crippen MR) is 131 cm³/mol. The van der Waals surface area contributed by atoms with Crippen LogP contribution in [-0.4, -0.2) is 55.1 Å². The second-order valence-corrected chi connectivity index (χ2v) is 10.1. The number of nitrogens with zero attached hydrogens (tertiary/aromatic N) is 2. The Morgan fingerprint density at radius 3 is 2.09 bits per heavy atom. The van der Waals surface area contributed by atoms with Gasteiger partial charge in [-0.05, 0) is 125 Å². The van der Waals surface area contributed by atoms with Crippen LogP contribution < -0.4 is 9.46 Å². The van der Waals surface area contributed by atoms with Crippen molar-refractivity contribution >= 4 is 11.9 Å². The molecule has 2 aliphatic rings. The van der Waals surface area contributed by atoms with Crippen LogP contribution in [0.15, 0.2) is 53.4 Å². The van der Waals surface area contributed by atoms with E-state index in [0.29, 0.717) is 11.5 Å². The van der Waals surface area contributed by atoms with Gasteiger partial charge in [0.2, 0.25) is 0 Å². The number of halogens is 3. The third-order valence-electron chi connectivity index (χ3n) is 6.65. The first-order valence-electron chi connectivity index (χ1n) is 12.3.